The topological polar surface area (TPSA) is 76.8 Å². The molecule has 0 N–H and O–H groups in total. The van der Waals surface area contributed by atoms with E-state index in [1.165, 1.54) is 59.7 Å². The molecule has 1 amide bonds. The lowest BCUT2D eigenvalue weighted by atomic mass is 10.1. The van der Waals surface area contributed by atoms with Crippen LogP contribution < -0.4 is 4.18 Å². The molecule has 1 heterocycles. The molecule has 0 aliphatic heterocycles. The largest absolute Gasteiger partial charge is 0.467 e. The van der Waals surface area contributed by atoms with Crippen molar-refractivity contribution >= 4 is 16.0 Å². The fourth-order valence-corrected chi connectivity index (χ4v) is 4.56. The Hall–Kier alpha value is -4.12. The van der Waals surface area contributed by atoms with Crippen LogP contribution in [-0.2, 0) is 40.6 Å². The molecule has 0 spiro atoms. The van der Waals surface area contributed by atoms with Gasteiger partial charge in [-0.3, -0.25) is 4.79 Å². The van der Waals surface area contributed by atoms with Crippen molar-refractivity contribution in [2.75, 3.05) is 0 Å². The van der Waals surface area contributed by atoms with Gasteiger partial charge in [-0.25, -0.2) is 4.39 Å². The van der Waals surface area contributed by atoms with Crippen molar-refractivity contribution in [2.24, 2.45) is 0 Å². The molecule has 1 aromatic heterocycles. The molecule has 0 atom stereocenters. The molecule has 0 saturated heterocycles. The normalized spacial score (nSPS) is 11.8. The lowest BCUT2D eigenvalue weighted by Gasteiger charge is -2.22. The summed E-state index contributed by atoms with van der Waals surface area (Å²) in [6, 6.07) is 18.0. The van der Waals surface area contributed by atoms with Gasteiger partial charge in [-0.1, -0.05) is 30.3 Å². The number of furan rings is 1. The van der Waals surface area contributed by atoms with Gasteiger partial charge in [0.1, 0.15) is 22.2 Å². The predicted molar refractivity (Wildman–Crippen MR) is 129 cm³/mol. The highest BCUT2D eigenvalue weighted by Gasteiger charge is 2.32. The third-order valence-electron chi connectivity index (χ3n) is 5.50. The van der Waals surface area contributed by atoms with E-state index in [4.69, 9.17) is 8.60 Å². The zero-order valence-electron chi connectivity index (χ0n) is 19.7. The van der Waals surface area contributed by atoms with Crippen molar-refractivity contribution in [3.8, 4) is 5.75 Å². The average molecular weight is 548 g/mol. The van der Waals surface area contributed by atoms with Crippen LogP contribution in [0.5, 0.6) is 5.75 Å². The maximum atomic E-state index is 13.2. The quantitative estimate of drug-likeness (QED) is 0.190. The Bertz CT molecular complexity index is 1480. The molecule has 0 saturated carbocycles. The van der Waals surface area contributed by atoms with Gasteiger partial charge < -0.3 is 13.5 Å². The summed E-state index contributed by atoms with van der Waals surface area (Å²) in [5.74, 6) is -0.225. The number of halogens is 4. The first-order valence-electron chi connectivity index (χ1n) is 11.2. The standard InChI is InChI=1S/C27H21F4NO5S/c28-22-10-6-19(7-11-22)15-26(33)32(18-24-4-2-14-36-24)17-20-8-12-23(13-9-20)37-38(34,35)25-5-1-3-21(16-25)27(29,30)31/h1-14,16H,15,17-18H2. The van der Waals surface area contributed by atoms with Crippen LogP contribution in [0.25, 0.3) is 0 Å². The molecule has 4 rings (SSSR count). The van der Waals surface area contributed by atoms with E-state index in [-0.39, 0.29) is 31.2 Å². The van der Waals surface area contributed by atoms with E-state index >= 15 is 0 Å². The molecule has 0 aliphatic carbocycles. The highest BCUT2D eigenvalue weighted by molar-refractivity contribution is 7.87. The van der Waals surface area contributed by atoms with E-state index in [0.717, 1.165) is 18.2 Å². The van der Waals surface area contributed by atoms with Crippen molar-refractivity contribution in [3.05, 3.63) is 119 Å². The zero-order valence-corrected chi connectivity index (χ0v) is 20.5. The summed E-state index contributed by atoms with van der Waals surface area (Å²) in [4.78, 5) is 13.9. The second kappa shape index (κ2) is 11.1. The Kier molecular flexibility index (Phi) is 7.86. The Balaban J connectivity index is 1.48. The number of carbonyl (C=O) groups excluding carboxylic acids is 1. The second-order valence-corrected chi connectivity index (χ2v) is 9.89. The molecule has 4 aromatic rings. The molecule has 6 nitrogen and oxygen atoms in total. The molecule has 0 bridgehead atoms. The second-order valence-electron chi connectivity index (χ2n) is 8.34. The zero-order chi connectivity index (χ0) is 27.3. The van der Waals surface area contributed by atoms with Gasteiger partial charge in [-0.05, 0) is 65.7 Å². The van der Waals surface area contributed by atoms with E-state index in [0.29, 0.717) is 23.0 Å². The van der Waals surface area contributed by atoms with E-state index in [9.17, 15) is 30.8 Å². The number of carbonyl (C=O) groups is 1. The first-order valence-corrected chi connectivity index (χ1v) is 12.7. The summed E-state index contributed by atoms with van der Waals surface area (Å²) in [6.45, 7) is 0.302. The number of amides is 1. The van der Waals surface area contributed by atoms with Crippen LogP contribution in [0.3, 0.4) is 0 Å². The minimum Gasteiger partial charge on any atom is -0.467 e. The molecule has 0 unspecified atom stereocenters. The van der Waals surface area contributed by atoms with Crippen LogP contribution in [0.4, 0.5) is 17.6 Å². The summed E-state index contributed by atoms with van der Waals surface area (Å²) in [7, 11) is -4.52. The van der Waals surface area contributed by atoms with E-state index in [1.54, 1.807) is 12.1 Å². The van der Waals surface area contributed by atoms with Crippen LogP contribution in [0, 0.1) is 5.82 Å². The minimum absolute atomic E-state index is 0.0252. The number of nitrogens with zero attached hydrogens (tertiary/aromatic N) is 1. The Morgan fingerprint density at radius 1 is 0.868 bits per heavy atom. The van der Waals surface area contributed by atoms with E-state index in [2.05, 4.69) is 0 Å². The molecular weight excluding hydrogens is 526 g/mol. The lowest BCUT2D eigenvalue weighted by Crippen LogP contribution is -2.31. The van der Waals surface area contributed by atoms with Crippen molar-refractivity contribution in [1.82, 2.24) is 4.90 Å². The fraction of sp³-hybridized carbons (Fsp3) is 0.148. The Morgan fingerprint density at radius 3 is 2.18 bits per heavy atom. The molecule has 3 aromatic carbocycles. The van der Waals surface area contributed by atoms with Crippen LogP contribution in [0.1, 0.15) is 22.5 Å². The molecule has 38 heavy (non-hydrogen) atoms. The average Bonchev–Trinajstić information content (AvgIpc) is 3.39. The maximum Gasteiger partial charge on any atom is 0.416 e. The van der Waals surface area contributed by atoms with Gasteiger partial charge >= 0.3 is 16.3 Å². The van der Waals surface area contributed by atoms with Crippen LogP contribution in [-0.4, -0.2) is 19.2 Å². The highest BCUT2D eigenvalue weighted by atomic mass is 32.2. The van der Waals surface area contributed by atoms with Crippen molar-refractivity contribution in [3.63, 3.8) is 0 Å². The molecule has 0 fully saturated rings. The minimum atomic E-state index is -4.71. The first-order chi connectivity index (χ1) is 18.0. The monoisotopic (exact) mass is 547 g/mol. The van der Waals surface area contributed by atoms with Gasteiger partial charge in [0.2, 0.25) is 5.91 Å². The van der Waals surface area contributed by atoms with Crippen molar-refractivity contribution < 1.29 is 39.4 Å². The van der Waals surface area contributed by atoms with E-state index < -0.39 is 32.6 Å². The Labute approximate surface area is 216 Å². The van der Waals surface area contributed by atoms with Crippen molar-refractivity contribution in [2.45, 2.75) is 30.6 Å². The van der Waals surface area contributed by atoms with Gasteiger partial charge in [-0.2, -0.15) is 21.6 Å². The van der Waals surface area contributed by atoms with Crippen molar-refractivity contribution in [1.29, 1.82) is 0 Å². The summed E-state index contributed by atoms with van der Waals surface area (Å²) in [5.41, 5.74) is 0.150. The smallest absolute Gasteiger partial charge is 0.416 e. The van der Waals surface area contributed by atoms with Crippen LogP contribution in [0.15, 0.2) is 101 Å². The fourth-order valence-electron chi connectivity index (χ4n) is 3.59. The summed E-state index contributed by atoms with van der Waals surface area (Å²) < 4.78 is 87.5. The molecule has 0 aliphatic rings. The van der Waals surface area contributed by atoms with Gasteiger partial charge in [0.25, 0.3) is 0 Å². The van der Waals surface area contributed by atoms with Gasteiger partial charge in [-0.15, -0.1) is 0 Å². The van der Waals surface area contributed by atoms with Gasteiger partial charge in [0.05, 0.1) is 24.8 Å². The highest BCUT2D eigenvalue weighted by Crippen LogP contribution is 2.31. The number of alkyl halides is 3. The third kappa shape index (κ3) is 7.00. The van der Waals surface area contributed by atoms with Crippen LogP contribution in [0.2, 0.25) is 0 Å². The number of benzene rings is 3. The summed E-state index contributed by atoms with van der Waals surface area (Å²) in [5, 5.41) is 0. The van der Waals surface area contributed by atoms with Gasteiger partial charge in [0, 0.05) is 6.54 Å². The first kappa shape index (κ1) is 26.9. The number of hydrogen-bond acceptors (Lipinski definition) is 5. The molecule has 198 valence electrons. The maximum absolute atomic E-state index is 13.2. The predicted octanol–water partition coefficient (Wildman–Crippen LogP) is 5.98. The van der Waals surface area contributed by atoms with E-state index in [1.807, 2.05) is 0 Å². The van der Waals surface area contributed by atoms with Gasteiger partial charge in [0.15, 0.2) is 0 Å². The number of rotatable bonds is 9. The molecular formula is C27H21F4NO5S. The Morgan fingerprint density at radius 2 is 1.55 bits per heavy atom. The number of hydrogen-bond donors (Lipinski definition) is 0. The summed E-state index contributed by atoms with van der Waals surface area (Å²) >= 11 is 0. The lowest BCUT2D eigenvalue weighted by molar-refractivity contribution is -0.137. The van der Waals surface area contributed by atoms with Crippen LogP contribution >= 0.6 is 0 Å². The molecule has 11 heteroatoms. The SMILES string of the molecule is O=C(Cc1ccc(F)cc1)N(Cc1ccc(OS(=O)(=O)c2cccc(C(F)(F)F)c2)cc1)Cc1ccco1. The summed E-state index contributed by atoms with van der Waals surface area (Å²) in [6.07, 6.45) is -3.20. The third-order valence-corrected chi connectivity index (χ3v) is 6.74. The molecule has 0 radical (unpaired) electrons.